The van der Waals surface area contributed by atoms with Gasteiger partial charge in [-0.15, -0.1) is 0 Å². The first-order valence-electron chi connectivity index (χ1n) is 7.86. The Hall–Kier alpha value is -3.51. The number of nitrogens with zero attached hydrogens (tertiary/aromatic N) is 1. The van der Waals surface area contributed by atoms with Gasteiger partial charge in [-0.3, -0.25) is 10.0 Å². The molecule has 0 aliphatic carbocycles. The molecule has 128 valence electrons. The molecule has 0 spiro atoms. The lowest BCUT2D eigenvalue weighted by molar-refractivity contribution is 0.0706. The third-order valence-electron chi connectivity index (χ3n) is 4.05. The number of ether oxygens (including phenoxy) is 1. The summed E-state index contributed by atoms with van der Waals surface area (Å²) in [6, 6.07) is 18.2. The van der Waals surface area contributed by atoms with E-state index in [1.807, 2.05) is 12.1 Å². The predicted octanol–water partition coefficient (Wildman–Crippen LogP) is 4.22. The molecular weight excluding hydrogens is 335 g/mol. The molecule has 3 aromatic rings. The quantitative estimate of drug-likeness (QED) is 0.421. The SMILES string of the molecule is O=C(NO)c1ccc(C2=Nc3ccccc3Oc3cccc(F)c32)cc1. The highest BCUT2D eigenvalue weighted by atomic mass is 19.1. The fourth-order valence-corrected chi connectivity index (χ4v) is 2.80. The van der Waals surface area contributed by atoms with E-state index in [0.717, 1.165) is 0 Å². The molecule has 0 fully saturated rings. The van der Waals surface area contributed by atoms with Crippen LogP contribution in [0.1, 0.15) is 21.5 Å². The number of hydrogen-bond donors (Lipinski definition) is 2. The minimum atomic E-state index is -0.625. The molecule has 2 N–H and O–H groups in total. The van der Waals surface area contributed by atoms with Crippen molar-refractivity contribution in [3.8, 4) is 11.5 Å². The summed E-state index contributed by atoms with van der Waals surface area (Å²) >= 11 is 0. The Balaban J connectivity index is 1.91. The van der Waals surface area contributed by atoms with E-state index < -0.39 is 11.7 Å². The fourth-order valence-electron chi connectivity index (χ4n) is 2.80. The van der Waals surface area contributed by atoms with Gasteiger partial charge in [-0.25, -0.2) is 14.9 Å². The zero-order valence-corrected chi connectivity index (χ0v) is 13.4. The van der Waals surface area contributed by atoms with Crippen LogP contribution < -0.4 is 10.2 Å². The van der Waals surface area contributed by atoms with Gasteiger partial charge in [-0.05, 0) is 36.4 Å². The van der Waals surface area contributed by atoms with E-state index in [1.54, 1.807) is 41.9 Å². The zero-order valence-electron chi connectivity index (χ0n) is 13.4. The summed E-state index contributed by atoms with van der Waals surface area (Å²) < 4.78 is 20.5. The van der Waals surface area contributed by atoms with E-state index in [0.29, 0.717) is 28.5 Å². The van der Waals surface area contributed by atoms with Crippen LogP contribution in [-0.4, -0.2) is 16.8 Å². The summed E-state index contributed by atoms with van der Waals surface area (Å²) in [4.78, 5) is 16.1. The van der Waals surface area contributed by atoms with Gasteiger partial charge in [0.15, 0.2) is 5.75 Å². The molecule has 1 amide bonds. The standard InChI is InChI=1S/C20H13FN2O3/c21-14-4-3-7-17-18(14)19(22-15-5-1-2-6-16(15)26-17)12-8-10-13(11-9-12)20(24)23-25/h1-11,25H,(H,23,24). The molecule has 1 aliphatic rings. The van der Waals surface area contributed by atoms with Crippen LogP contribution in [0.5, 0.6) is 11.5 Å². The van der Waals surface area contributed by atoms with Crippen molar-refractivity contribution in [3.05, 3.63) is 89.2 Å². The average molecular weight is 348 g/mol. The van der Waals surface area contributed by atoms with Gasteiger partial charge in [0.1, 0.15) is 17.3 Å². The van der Waals surface area contributed by atoms with Crippen molar-refractivity contribution >= 4 is 17.3 Å². The van der Waals surface area contributed by atoms with E-state index in [-0.39, 0.29) is 11.1 Å². The molecule has 1 aliphatic heterocycles. The molecule has 3 aromatic carbocycles. The fraction of sp³-hybridized carbons (Fsp3) is 0. The maximum atomic E-state index is 14.6. The highest BCUT2D eigenvalue weighted by molar-refractivity contribution is 6.16. The Morgan fingerprint density at radius 2 is 1.69 bits per heavy atom. The summed E-state index contributed by atoms with van der Waals surface area (Å²) in [6.45, 7) is 0. The summed E-state index contributed by atoms with van der Waals surface area (Å²) in [5, 5.41) is 8.73. The molecule has 0 bridgehead atoms. The number of hydroxylamine groups is 1. The first kappa shape index (κ1) is 16.0. The van der Waals surface area contributed by atoms with Crippen molar-refractivity contribution in [1.29, 1.82) is 0 Å². The predicted molar refractivity (Wildman–Crippen MR) is 93.9 cm³/mol. The van der Waals surface area contributed by atoms with Crippen LogP contribution in [0.2, 0.25) is 0 Å². The van der Waals surface area contributed by atoms with Gasteiger partial charge in [0, 0.05) is 11.1 Å². The summed E-state index contributed by atoms with van der Waals surface area (Å²) in [6.07, 6.45) is 0. The Morgan fingerprint density at radius 1 is 0.962 bits per heavy atom. The topological polar surface area (TPSA) is 70.9 Å². The van der Waals surface area contributed by atoms with E-state index in [4.69, 9.17) is 9.94 Å². The number of fused-ring (bicyclic) bond motifs is 2. The summed E-state index contributed by atoms with van der Waals surface area (Å²) in [5.74, 6) is -0.178. The summed E-state index contributed by atoms with van der Waals surface area (Å²) in [5.41, 5.74) is 3.70. The van der Waals surface area contributed by atoms with Crippen LogP contribution in [0.15, 0.2) is 71.7 Å². The first-order valence-corrected chi connectivity index (χ1v) is 7.86. The van der Waals surface area contributed by atoms with Gasteiger partial charge < -0.3 is 4.74 Å². The van der Waals surface area contributed by atoms with Crippen LogP contribution in [0.3, 0.4) is 0 Å². The number of amides is 1. The molecule has 0 saturated heterocycles. The van der Waals surface area contributed by atoms with Crippen LogP contribution >= 0.6 is 0 Å². The number of aliphatic imine (C=N–C) groups is 1. The van der Waals surface area contributed by atoms with Crippen LogP contribution in [-0.2, 0) is 0 Å². The molecule has 5 nitrogen and oxygen atoms in total. The smallest absolute Gasteiger partial charge is 0.274 e. The Labute approximate surface area is 148 Å². The molecular formula is C20H13FN2O3. The largest absolute Gasteiger partial charge is 0.454 e. The minimum Gasteiger partial charge on any atom is -0.454 e. The van der Waals surface area contributed by atoms with Crippen LogP contribution in [0.25, 0.3) is 0 Å². The van der Waals surface area contributed by atoms with E-state index in [9.17, 15) is 9.18 Å². The lowest BCUT2D eigenvalue weighted by atomic mass is 9.99. The normalized spacial score (nSPS) is 12.2. The number of nitrogens with one attached hydrogen (secondary N) is 1. The Kier molecular flexibility index (Phi) is 3.95. The maximum absolute atomic E-state index is 14.6. The van der Waals surface area contributed by atoms with Crippen molar-refractivity contribution in [3.63, 3.8) is 0 Å². The molecule has 0 saturated carbocycles. The number of hydrogen-bond acceptors (Lipinski definition) is 4. The van der Waals surface area contributed by atoms with Crippen molar-refractivity contribution in [2.45, 2.75) is 0 Å². The number of rotatable bonds is 2. The number of benzene rings is 3. The molecule has 1 heterocycles. The van der Waals surface area contributed by atoms with Gasteiger partial charge >= 0.3 is 0 Å². The highest BCUT2D eigenvalue weighted by Crippen LogP contribution is 2.39. The molecule has 0 unspecified atom stereocenters. The summed E-state index contributed by atoms with van der Waals surface area (Å²) in [7, 11) is 0. The second-order valence-corrected chi connectivity index (χ2v) is 5.66. The second kappa shape index (κ2) is 6.42. The van der Waals surface area contributed by atoms with Crippen molar-refractivity contribution in [2.75, 3.05) is 0 Å². The van der Waals surface area contributed by atoms with Crippen molar-refractivity contribution in [1.82, 2.24) is 5.48 Å². The van der Waals surface area contributed by atoms with Gasteiger partial charge in [0.2, 0.25) is 0 Å². The number of carbonyl (C=O) groups excluding carboxylic acids is 1. The third kappa shape index (κ3) is 2.72. The first-order chi connectivity index (χ1) is 12.7. The lowest BCUT2D eigenvalue weighted by Gasteiger charge is -2.11. The van der Waals surface area contributed by atoms with Gasteiger partial charge in [0.25, 0.3) is 5.91 Å². The Bertz CT molecular complexity index is 1030. The van der Waals surface area contributed by atoms with Crippen molar-refractivity contribution < 1.29 is 19.1 Å². The molecule has 0 atom stereocenters. The monoisotopic (exact) mass is 348 g/mol. The van der Waals surface area contributed by atoms with Crippen molar-refractivity contribution in [2.24, 2.45) is 4.99 Å². The average Bonchev–Trinajstić information content (AvgIpc) is 2.85. The maximum Gasteiger partial charge on any atom is 0.274 e. The van der Waals surface area contributed by atoms with E-state index in [2.05, 4.69) is 4.99 Å². The molecule has 0 aromatic heterocycles. The van der Waals surface area contributed by atoms with Gasteiger partial charge in [0.05, 0.1) is 11.3 Å². The molecule has 4 rings (SSSR count). The van der Waals surface area contributed by atoms with E-state index >= 15 is 0 Å². The number of halogens is 1. The van der Waals surface area contributed by atoms with Gasteiger partial charge in [-0.1, -0.05) is 30.3 Å². The molecule has 6 heteroatoms. The van der Waals surface area contributed by atoms with Crippen LogP contribution in [0, 0.1) is 5.82 Å². The van der Waals surface area contributed by atoms with Gasteiger partial charge in [-0.2, -0.15) is 0 Å². The molecule has 26 heavy (non-hydrogen) atoms. The zero-order chi connectivity index (χ0) is 18.1. The number of carbonyl (C=O) groups is 1. The lowest BCUT2D eigenvalue weighted by Crippen LogP contribution is -2.18. The third-order valence-corrected chi connectivity index (χ3v) is 4.05. The molecule has 0 radical (unpaired) electrons. The van der Waals surface area contributed by atoms with Crippen LogP contribution in [0.4, 0.5) is 10.1 Å². The number of para-hydroxylation sites is 2. The highest BCUT2D eigenvalue weighted by Gasteiger charge is 2.23. The minimum absolute atomic E-state index is 0.253. The second-order valence-electron chi connectivity index (χ2n) is 5.66. The van der Waals surface area contributed by atoms with E-state index in [1.165, 1.54) is 18.2 Å². The Morgan fingerprint density at radius 3 is 2.46 bits per heavy atom.